The number of nitrogens with one attached hydrogen (secondary N) is 1. The van der Waals surface area contributed by atoms with Crippen LogP contribution in [0.2, 0.25) is 0 Å². The summed E-state index contributed by atoms with van der Waals surface area (Å²) in [4.78, 5) is 15.8. The molecule has 0 unspecified atom stereocenters. The molecule has 0 aliphatic heterocycles. The van der Waals surface area contributed by atoms with E-state index in [1.807, 2.05) is 43.3 Å². The third-order valence-corrected chi connectivity index (χ3v) is 3.56. The number of benzene rings is 1. The zero-order valence-corrected chi connectivity index (χ0v) is 12.7. The van der Waals surface area contributed by atoms with Crippen LogP contribution in [-0.4, -0.2) is 11.1 Å². The van der Waals surface area contributed by atoms with Gasteiger partial charge < -0.3 is 10.1 Å². The summed E-state index contributed by atoms with van der Waals surface area (Å²) >= 11 is 3.39. The maximum absolute atomic E-state index is 11.6. The number of alkyl carbamates (subject to hydrolysis) is 1. The van der Waals surface area contributed by atoms with Crippen LogP contribution in [0.1, 0.15) is 16.8 Å². The average Bonchev–Trinajstić information content (AvgIpc) is 2.47. The molecule has 0 atom stereocenters. The van der Waals surface area contributed by atoms with Crippen molar-refractivity contribution in [3.63, 3.8) is 0 Å². The molecule has 0 aliphatic rings. The fourth-order valence-electron chi connectivity index (χ4n) is 1.63. The highest BCUT2D eigenvalue weighted by atomic mass is 79.9. The molecule has 0 saturated heterocycles. The number of pyridine rings is 1. The van der Waals surface area contributed by atoms with Gasteiger partial charge in [0.1, 0.15) is 6.61 Å². The van der Waals surface area contributed by atoms with Crippen LogP contribution in [-0.2, 0) is 17.9 Å². The molecular formula is C15H15BrN2O2. The first-order chi connectivity index (χ1) is 9.65. The second-order valence-corrected chi connectivity index (χ2v) is 5.19. The van der Waals surface area contributed by atoms with Crippen LogP contribution in [0.4, 0.5) is 4.79 Å². The van der Waals surface area contributed by atoms with E-state index in [9.17, 15) is 4.79 Å². The minimum atomic E-state index is -0.448. The van der Waals surface area contributed by atoms with Crippen molar-refractivity contribution in [2.45, 2.75) is 20.1 Å². The van der Waals surface area contributed by atoms with Crippen LogP contribution in [0.25, 0.3) is 0 Å². The molecule has 20 heavy (non-hydrogen) atoms. The summed E-state index contributed by atoms with van der Waals surface area (Å²) in [6, 6.07) is 11.5. The monoisotopic (exact) mass is 334 g/mol. The molecule has 0 spiro atoms. The highest BCUT2D eigenvalue weighted by Crippen LogP contribution is 2.14. The summed E-state index contributed by atoms with van der Waals surface area (Å²) in [6.45, 7) is 2.59. The number of ether oxygens (including phenoxy) is 1. The molecule has 2 rings (SSSR count). The van der Waals surface area contributed by atoms with Gasteiger partial charge >= 0.3 is 6.09 Å². The van der Waals surface area contributed by atoms with Crippen LogP contribution >= 0.6 is 15.9 Å². The second-order valence-electron chi connectivity index (χ2n) is 4.34. The van der Waals surface area contributed by atoms with E-state index >= 15 is 0 Å². The summed E-state index contributed by atoms with van der Waals surface area (Å²) in [6.07, 6.45) is 1.28. The predicted molar refractivity (Wildman–Crippen MR) is 80.1 cm³/mol. The normalized spacial score (nSPS) is 10.1. The van der Waals surface area contributed by atoms with Gasteiger partial charge in [-0.05, 0) is 40.0 Å². The fourth-order valence-corrected chi connectivity index (χ4v) is 1.85. The highest BCUT2D eigenvalue weighted by molar-refractivity contribution is 9.10. The first-order valence-corrected chi connectivity index (χ1v) is 7.00. The molecule has 1 amide bonds. The Morgan fingerprint density at radius 2 is 2.10 bits per heavy atom. The molecule has 0 radical (unpaired) electrons. The van der Waals surface area contributed by atoms with Crippen molar-refractivity contribution in [3.05, 3.63) is 63.9 Å². The molecule has 1 aromatic heterocycles. The lowest BCUT2D eigenvalue weighted by Gasteiger charge is -2.07. The van der Waals surface area contributed by atoms with E-state index in [0.717, 1.165) is 21.3 Å². The molecule has 0 saturated carbocycles. The molecule has 4 nitrogen and oxygen atoms in total. The van der Waals surface area contributed by atoms with Crippen molar-refractivity contribution >= 4 is 22.0 Å². The van der Waals surface area contributed by atoms with E-state index in [0.29, 0.717) is 6.54 Å². The number of aromatic nitrogens is 1. The second kappa shape index (κ2) is 7.05. The van der Waals surface area contributed by atoms with Crippen molar-refractivity contribution in [2.24, 2.45) is 0 Å². The van der Waals surface area contributed by atoms with E-state index < -0.39 is 6.09 Å². The Hall–Kier alpha value is -1.88. The van der Waals surface area contributed by atoms with Gasteiger partial charge in [-0.1, -0.05) is 30.3 Å². The topological polar surface area (TPSA) is 51.2 Å². The number of nitrogens with zero attached hydrogens (tertiary/aromatic N) is 1. The smallest absolute Gasteiger partial charge is 0.407 e. The molecule has 2 aromatic rings. The predicted octanol–water partition coefficient (Wildman–Crippen LogP) is 3.58. The van der Waals surface area contributed by atoms with Crippen molar-refractivity contribution in [1.82, 2.24) is 10.3 Å². The van der Waals surface area contributed by atoms with Crippen LogP contribution in [0.15, 0.2) is 47.1 Å². The van der Waals surface area contributed by atoms with E-state index in [4.69, 9.17) is 4.74 Å². The molecule has 1 heterocycles. The molecule has 1 N–H and O–H groups in total. The molecule has 5 heteroatoms. The number of aryl methyl sites for hydroxylation is 1. The van der Waals surface area contributed by atoms with Gasteiger partial charge in [0.2, 0.25) is 0 Å². The zero-order valence-electron chi connectivity index (χ0n) is 11.1. The Balaban J connectivity index is 1.79. The largest absolute Gasteiger partial charge is 0.445 e. The quantitative estimate of drug-likeness (QED) is 0.929. The maximum Gasteiger partial charge on any atom is 0.407 e. The summed E-state index contributed by atoms with van der Waals surface area (Å²) < 4.78 is 6.07. The first kappa shape index (κ1) is 14.5. The van der Waals surface area contributed by atoms with Gasteiger partial charge in [-0.3, -0.25) is 4.98 Å². The van der Waals surface area contributed by atoms with Crippen molar-refractivity contribution in [2.75, 3.05) is 0 Å². The fraction of sp³-hybridized carbons (Fsp3) is 0.200. The van der Waals surface area contributed by atoms with Gasteiger partial charge in [-0.25, -0.2) is 4.79 Å². The SMILES string of the molecule is Cc1cc(CNC(=O)OCc2ccccc2)ncc1Br. The maximum atomic E-state index is 11.6. The first-order valence-electron chi connectivity index (χ1n) is 6.21. The van der Waals surface area contributed by atoms with Gasteiger partial charge in [0.05, 0.1) is 12.2 Å². The molecule has 0 fully saturated rings. The van der Waals surface area contributed by atoms with Crippen molar-refractivity contribution < 1.29 is 9.53 Å². The Bertz CT molecular complexity index is 588. The Morgan fingerprint density at radius 3 is 2.80 bits per heavy atom. The molecular weight excluding hydrogens is 320 g/mol. The van der Waals surface area contributed by atoms with Gasteiger partial charge in [0.25, 0.3) is 0 Å². The molecule has 0 aliphatic carbocycles. The lowest BCUT2D eigenvalue weighted by atomic mass is 10.2. The third-order valence-electron chi connectivity index (χ3n) is 2.73. The summed E-state index contributed by atoms with van der Waals surface area (Å²) in [7, 11) is 0. The lowest BCUT2D eigenvalue weighted by molar-refractivity contribution is 0.139. The number of halogens is 1. The number of hydrogen-bond donors (Lipinski definition) is 1. The van der Waals surface area contributed by atoms with E-state index in [-0.39, 0.29) is 6.61 Å². The average molecular weight is 335 g/mol. The molecule has 1 aromatic carbocycles. The standard InChI is InChI=1S/C15H15BrN2O2/c1-11-7-13(17-9-14(11)16)8-18-15(19)20-10-12-5-3-2-4-6-12/h2-7,9H,8,10H2,1H3,(H,18,19). The van der Waals surface area contributed by atoms with E-state index in [2.05, 4.69) is 26.2 Å². The number of hydrogen-bond acceptors (Lipinski definition) is 3. The van der Waals surface area contributed by atoms with Gasteiger partial charge in [0, 0.05) is 10.7 Å². The summed E-state index contributed by atoms with van der Waals surface area (Å²) in [5.74, 6) is 0. The van der Waals surface area contributed by atoms with Gasteiger partial charge in [-0.2, -0.15) is 0 Å². The summed E-state index contributed by atoms with van der Waals surface area (Å²) in [5.41, 5.74) is 2.83. The van der Waals surface area contributed by atoms with Crippen LogP contribution in [0, 0.1) is 6.92 Å². The number of amides is 1. The van der Waals surface area contributed by atoms with Crippen LogP contribution in [0.3, 0.4) is 0 Å². The van der Waals surface area contributed by atoms with Gasteiger partial charge in [-0.15, -0.1) is 0 Å². The molecule has 0 bridgehead atoms. The number of carbonyl (C=O) groups is 1. The van der Waals surface area contributed by atoms with E-state index in [1.54, 1.807) is 6.20 Å². The Labute approximate surface area is 126 Å². The number of carbonyl (C=O) groups excluding carboxylic acids is 1. The minimum absolute atomic E-state index is 0.263. The van der Waals surface area contributed by atoms with Crippen molar-refractivity contribution in [3.8, 4) is 0 Å². The molecule has 104 valence electrons. The third kappa shape index (κ3) is 4.35. The van der Waals surface area contributed by atoms with E-state index in [1.165, 1.54) is 0 Å². The van der Waals surface area contributed by atoms with Crippen molar-refractivity contribution in [1.29, 1.82) is 0 Å². The Morgan fingerprint density at radius 1 is 1.35 bits per heavy atom. The van der Waals surface area contributed by atoms with Crippen LogP contribution in [0.5, 0.6) is 0 Å². The minimum Gasteiger partial charge on any atom is -0.445 e. The lowest BCUT2D eigenvalue weighted by Crippen LogP contribution is -2.24. The highest BCUT2D eigenvalue weighted by Gasteiger charge is 2.04. The van der Waals surface area contributed by atoms with Gasteiger partial charge in [0.15, 0.2) is 0 Å². The van der Waals surface area contributed by atoms with Crippen LogP contribution < -0.4 is 5.32 Å². The summed E-state index contributed by atoms with van der Waals surface area (Å²) in [5, 5.41) is 2.68. The zero-order chi connectivity index (χ0) is 14.4. The Kier molecular flexibility index (Phi) is 5.12. The number of rotatable bonds is 4.